The molecule has 1 aromatic carbocycles. The molecule has 0 unspecified atom stereocenters. The predicted octanol–water partition coefficient (Wildman–Crippen LogP) is 4.00. The molecule has 2 aromatic heterocycles. The lowest BCUT2D eigenvalue weighted by atomic mass is 9.91. The molecule has 8 heteroatoms. The van der Waals surface area contributed by atoms with Crippen molar-refractivity contribution < 1.29 is 9.90 Å². The number of aliphatic hydroxyl groups excluding tert-OH is 1. The topological polar surface area (TPSA) is 93.6 Å². The molecule has 1 fully saturated rings. The highest BCUT2D eigenvalue weighted by Crippen LogP contribution is 2.35. The molecule has 8 nitrogen and oxygen atoms in total. The molecule has 4 heterocycles. The maximum Gasteiger partial charge on any atom is 0.256 e. The minimum atomic E-state index is -0.179. The SMILES string of the molecule is CC1=C(C(=O)Nc2ccc(N(C)C)nc2)c2cc(-c3cncc(CN4CCC(O)CC4)c3)ccc2NC1. The van der Waals surface area contributed by atoms with E-state index < -0.39 is 0 Å². The van der Waals surface area contributed by atoms with Gasteiger partial charge in [0.15, 0.2) is 0 Å². The van der Waals surface area contributed by atoms with Gasteiger partial charge in [0.1, 0.15) is 5.82 Å². The second-order valence-corrected chi connectivity index (χ2v) is 10.1. The molecule has 0 radical (unpaired) electrons. The second-order valence-electron chi connectivity index (χ2n) is 10.1. The molecular weight excluding hydrogens is 464 g/mol. The maximum absolute atomic E-state index is 13.4. The number of aliphatic hydroxyl groups is 1. The summed E-state index contributed by atoms with van der Waals surface area (Å²) in [6.07, 6.45) is 6.92. The third-order valence-electron chi connectivity index (χ3n) is 7.04. The van der Waals surface area contributed by atoms with E-state index in [-0.39, 0.29) is 12.0 Å². The van der Waals surface area contributed by atoms with Crippen LogP contribution in [0.2, 0.25) is 0 Å². The summed E-state index contributed by atoms with van der Waals surface area (Å²) in [6.45, 7) is 5.21. The minimum absolute atomic E-state index is 0.143. The van der Waals surface area contributed by atoms with Crippen LogP contribution in [-0.4, -0.2) is 65.7 Å². The van der Waals surface area contributed by atoms with Crippen LogP contribution in [0.15, 0.2) is 60.6 Å². The van der Waals surface area contributed by atoms with Crippen molar-refractivity contribution in [2.75, 3.05) is 49.3 Å². The summed E-state index contributed by atoms with van der Waals surface area (Å²) in [4.78, 5) is 26.6. The number of hydrogen-bond donors (Lipinski definition) is 3. The summed E-state index contributed by atoms with van der Waals surface area (Å²) in [5, 5.41) is 16.2. The molecule has 0 aliphatic carbocycles. The summed E-state index contributed by atoms with van der Waals surface area (Å²) >= 11 is 0. The first-order valence-corrected chi connectivity index (χ1v) is 12.7. The second kappa shape index (κ2) is 10.7. The number of hydrogen-bond acceptors (Lipinski definition) is 7. The Labute approximate surface area is 218 Å². The normalized spacial score (nSPS) is 16.2. The van der Waals surface area contributed by atoms with Crippen molar-refractivity contribution >= 4 is 28.7 Å². The predicted molar refractivity (Wildman–Crippen MR) is 148 cm³/mol. The standard InChI is InChI=1S/C29H34N6O2/c1-19-14-31-26-6-4-21(22-12-20(15-30-16-22)18-35-10-8-24(36)9-11-35)13-25(26)28(19)29(37)33-23-5-7-27(32-17-23)34(2)3/h4-7,12-13,15-17,24,31,36H,8-11,14,18H2,1-3H3,(H,33,37). The Hall–Kier alpha value is -3.75. The first-order chi connectivity index (χ1) is 17.9. The highest BCUT2D eigenvalue weighted by atomic mass is 16.3. The highest BCUT2D eigenvalue weighted by Gasteiger charge is 2.23. The molecule has 1 amide bonds. The monoisotopic (exact) mass is 498 g/mol. The van der Waals surface area contributed by atoms with Gasteiger partial charge < -0.3 is 20.6 Å². The Morgan fingerprint density at radius 3 is 2.65 bits per heavy atom. The fraction of sp³-hybridized carbons (Fsp3) is 0.345. The van der Waals surface area contributed by atoms with Crippen molar-refractivity contribution in [3.63, 3.8) is 0 Å². The number of rotatable bonds is 6. The van der Waals surface area contributed by atoms with Gasteiger partial charge >= 0.3 is 0 Å². The molecule has 37 heavy (non-hydrogen) atoms. The van der Waals surface area contributed by atoms with Crippen LogP contribution in [0.3, 0.4) is 0 Å². The lowest BCUT2D eigenvalue weighted by Crippen LogP contribution is -2.35. The number of carbonyl (C=O) groups excluding carboxylic acids is 1. The Kier molecular flexibility index (Phi) is 7.21. The fourth-order valence-corrected chi connectivity index (χ4v) is 4.93. The van der Waals surface area contributed by atoms with E-state index in [1.165, 1.54) is 0 Å². The largest absolute Gasteiger partial charge is 0.393 e. The molecule has 3 N–H and O–H groups in total. The van der Waals surface area contributed by atoms with E-state index in [9.17, 15) is 9.90 Å². The maximum atomic E-state index is 13.4. The summed E-state index contributed by atoms with van der Waals surface area (Å²) in [7, 11) is 3.87. The van der Waals surface area contributed by atoms with Gasteiger partial charge in [0.05, 0.1) is 18.0 Å². The number of fused-ring (bicyclic) bond motifs is 1. The summed E-state index contributed by atoms with van der Waals surface area (Å²) in [5.74, 6) is 0.690. The number of nitrogens with one attached hydrogen (secondary N) is 2. The Balaban J connectivity index is 1.38. The van der Waals surface area contributed by atoms with Crippen LogP contribution in [-0.2, 0) is 11.3 Å². The van der Waals surface area contributed by atoms with Crippen LogP contribution in [0.5, 0.6) is 0 Å². The van der Waals surface area contributed by atoms with Crippen molar-refractivity contribution in [1.29, 1.82) is 0 Å². The van der Waals surface area contributed by atoms with Gasteiger partial charge in [-0.25, -0.2) is 4.98 Å². The van der Waals surface area contributed by atoms with E-state index in [0.717, 1.165) is 71.8 Å². The third kappa shape index (κ3) is 5.65. The quantitative estimate of drug-likeness (QED) is 0.473. The lowest BCUT2D eigenvalue weighted by Gasteiger charge is -2.29. The van der Waals surface area contributed by atoms with Gasteiger partial charge in [0, 0.05) is 75.1 Å². The van der Waals surface area contributed by atoms with E-state index in [1.54, 1.807) is 6.20 Å². The van der Waals surface area contributed by atoms with Crippen LogP contribution in [0.4, 0.5) is 17.2 Å². The highest BCUT2D eigenvalue weighted by molar-refractivity contribution is 6.27. The van der Waals surface area contributed by atoms with Gasteiger partial charge in [0.2, 0.25) is 0 Å². The van der Waals surface area contributed by atoms with E-state index in [1.807, 2.05) is 56.5 Å². The van der Waals surface area contributed by atoms with Crippen LogP contribution >= 0.6 is 0 Å². The third-order valence-corrected chi connectivity index (χ3v) is 7.04. The zero-order valence-corrected chi connectivity index (χ0v) is 21.7. The van der Waals surface area contributed by atoms with E-state index >= 15 is 0 Å². The molecule has 5 rings (SSSR count). The molecule has 0 atom stereocenters. The zero-order chi connectivity index (χ0) is 25.9. The number of anilines is 3. The molecule has 3 aromatic rings. The number of piperidine rings is 1. The number of amides is 1. The Bertz CT molecular complexity index is 1310. The molecule has 2 aliphatic heterocycles. The Morgan fingerprint density at radius 1 is 1.11 bits per heavy atom. The molecule has 0 bridgehead atoms. The first-order valence-electron chi connectivity index (χ1n) is 12.7. The number of benzene rings is 1. The number of carbonyl (C=O) groups is 1. The molecular formula is C29H34N6O2. The van der Waals surface area contributed by atoms with Gasteiger partial charge in [-0.15, -0.1) is 0 Å². The lowest BCUT2D eigenvalue weighted by molar-refractivity contribution is -0.111. The molecule has 2 aliphatic rings. The van der Waals surface area contributed by atoms with Crippen LogP contribution in [0.1, 0.15) is 30.9 Å². The van der Waals surface area contributed by atoms with Gasteiger partial charge in [-0.05, 0) is 66.8 Å². The zero-order valence-electron chi connectivity index (χ0n) is 21.7. The van der Waals surface area contributed by atoms with Crippen molar-refractivity contribution in [1.82, 2.24) is 14.9 Å². The van der Waals surface area contributed by atoms with E-state index in [4.69, 9.17) is 0 Å². The average molecular weight is 499 g/mol. The van der Waals surface area contributed by atoms with Crippen LogP contribution in [0.25, 0.3) is 16.7 Å². The van der Waals surface area contributed by atoms with Crippen molar-refractivity contribution in [3.8, 4) is 11.1 Å². The minimum Gasteiger partial charge on any atom is -0.393 e. The average Bonchev–Trinajstić information content (AvgIpc) is 2.90. The van der Waals surface area contributed by atoms with Gasteiger partial charge in [0.25, 0.3) is 5.91 Å². The number of likely N-dealkylation sites (tertiary alicyclic amines) is 1. The van der Waals surface area contributed by atoms with Gasteiger partial charge in [-0.3, -0.25) is 14.7 Å². The molecule has 0 saturated carbocycles. The smallest absolute Gasteiger partial charge is 0.256 e. The molecule has 192 valence electrons. The first kappa shape index (κ1) is 24.9. The van der Waals surface area contributed by atoms with Crippen molar-refractivity contribution in [2.24, 2.45) is 0 Å². The molecule has 1 saturated heterocycles. The number of aromatic nitrogens is 2. The number of nitrogens with zero attached hydrogens (tertiary/aromatic N) is 4. The summed E-state index contributed by atoms with van der Waals surface area (Å²) < 4.78 is 0. The van der Waals surface area contributed by atoms with E-state index in [2.05, 4.69) is 43.7 Å². The Morgan fingerprint density at radius 2 is 1.92 bits per heavy atom. The van der Waals surface area contributed by atoms with Crippen LogP contribution < -0.4 is 15.5 Å². The van der Waals surface area contributed by atoms with Gasteiger partial charge in [-0.2, -0.15) is 0 Å². The summed E-state index contributed by atoms with van der Waals surface area (Å²) in [6, 6.07) is 12.1. The van der Waals surface area contributed by atoms with Crippen molar-refractivity contribution in [2.45, 2.75) is 32.4 Å². The van der Waals surface area contributed by atoms with Gasteiger partial charge in [-0.1, -0.05) is 6.07 Å². The van der Waals surface area contributed by atoms with Crippen LogP contribution in [0, 0.1) is 0 Å². The number of pyridine rings is 2. The fourth-order valence-electron chi connectivity index (χ4n) is 4.93. The van der Waals surface area contributed by atoms with Crippen molar-refractivity contribution in [3.05, 3.63) is 71.7 Å². The molecule has 0 spiro atoms. The van der Waals surface area contributed by atoms with E-state index in [0.29, 0.717) is 17.8 Å². The summed E-state index contributed by atoms with van der Waals surface area (Å²) in [5.41, 5.74) is 7.33.